The van der Waals surface area contributed by atoms with Crippen LogP contribution in [0.5, 0.6) is 0 Å². The Bertz CT molecular complexity index is 570. The van der Waals surface area contributed by atoms with Crippen molar-refractivity contribution in [2.45, 2.75) is 43.9 Å². The second kappa shape index (κ2) is 7.40. The molecule has 0 radical (unpaired) electrons. The van der Waals surface area contributed by atoms with Crippen LogP contribution in [0.25, 0.3) is 0 Å². The highest BCUT2D eigenvalue weighted by Gasteiger charge is 2.21. The maximum atomic E-state index is 12.2. The first kappa shape index (κ1) is 17.9. The van der Waals surface area contributed by atoms with E-state index in [1.807, 2.05) is 13.8 Å². The van der Waals surface area contributed by atoms with Crippen LogP contribution in [0.15, 0.2) is 10.3 Å². The van der Waals surface area contributed by atoms with Crippen LogP contribution in [-0.4, -0.2) is 50.7 Å². The molecule has 1 aliphatic rings. The molecule has 2 rings (SSSR count). The number of aryl methyl sites for hydroxylation is 2. The lowest BCUT2D eigenvalue weighted by Crippen LogP contribution is -2.42. The van der Waals surface area contributed by atoms with Gasteiger partial charge in [-0.1, -0.05) is 6.92 Å². The van der Waals surface area contributed by atoms with Crippen LogP contribution in [0.2, 0.25) is 0 Å². The number of piperidine rings is 1. The highest BCUT2D eigenvalue weighted by atomic mass is 32.2. The lowest BCUT2D eigenvalue weighted by molar-refractivity contribution is 0.0942. The van der Waals surface area contributed by atoms with E-state index >= 15 is 0 Å². The van der Waals surface area contributed by atoms with Gasteiger partial charge in [-0.05, 0) is 57.3 Å². The van der Waals surface area contributed by atoms with Gasteiger partial charge in [-0.2, -0.15) is 0 Å². The van der Waals surface area contributed by atoms with Crippen LogP contribution in [-0.2, 0) is 10.0 Å². The molecule has 0 amide bonds. The van der Waals surface area contributed by atoms with Crippen molar-refractivity contribution in [3.63, 3.8) is 0 Å². The summed E-state index contributed by atoms with van der Waals surface area (Å²) in [6.45, 7) is 8.60. The van der Waals surface area contributed by atoms with Crippen molar-refractivity contribution in [3.8, 4) is 0 Å². The van der Waals surface area contributed by atoms with Gasteiger partial charge in [0.25, 0.3) is 0 Å². The van der Waals surface area contributed by atoms with E-state index in [-0.39, 0.29) is 6.54 Å². The Morgan fingerprint density at radius 2 is 2.05 bits per heavy atom. The number of nitrogens with one attached hydrogen (secondary N) is 1. The molecule has 2 N–H and O–H groups in total. The van der Waals surface area contributed by atoms with E-state index < -0.39 is 16.1 Å². The van der Waals surface area contributed by atoms with Gasteiger partial charge in [-0.3, -0.25) is 0 Å². The van der Waals surface area contributed by atoms with Crippen molar-refractivity contribution in [2.75, 3.05) is 26.2 Å². The van der Waals surface area contributed by atoms with Crippen molar-refractivity contribution >= 4 is 21.4 Å². The fraction of sp³-hybridized carbons (Fsp3) is 0.733. The number of aliphatic hydroxyl groups excluding tert-OH is 1. The monoisotopic (exact) mass is 346 g/mol. The van der Waals surface area contributed by atoms with Crippen molar-refractivity contribution in [3.05, 3.63) is 16.5 Å². The molecule has 1 unspecified atom stereocenters. The molecule has 1 saturated heterocycles. The molecule has 1 aliphatic heterocycles. The predicted octanol–water partition coefficient (Wildman–Crippen LogP) is 1.74. The molecular weight excluding hydrogens is 320 g/mol. The molecule has 0 aromatic carbocycles. The van der Waals surface area contributed by atoms with Gasteiger partial charge in [-0.25, -0.2) is 13.1 Å². The third kappa shape index (κ3) is 4.76. The fourth-order valence-corrected chi connectivity index (χ4v) is 5.19. The van der Waals surface area contributed by atoms with Crippen LogP contribution >= 0.6 is 11.3 Å². The Kier molecular flexibility index (Phi) is 6.01. The molecule has 1 atom stereocenters. The normalized spacial score (nSPS) is 19.5. The van der Waals surface area contributed by atoms with Gasteiger partial charge < -0.3 is 10.0 Å². The standard InChI is InChI=1S/C15H26N2O3S2/c1-11-4-6-17(7-5-11)10-14(18)9-16-22(19,20)15-8-12(2)13(3)21-15/h8,11,14,16,18H,4-7,9-10H2,1-3H3. The topological polar surface area (TPSA) is 69.6 Å². The summed E-state index contributed by atoms with van der Waals surface area (Å²) >= 11 is 1.27. The van der Waals surface area contributed by atoms with Gasteiger partial charge in [-0.15, -0.1) is 11.3 Å². The number of likely N-dealkylation sites (tertiary alicyclic amines) is 1. The molecule has 0 aliphatic carbocycles. The molecular formula is C15H26N2O3S2. The number of aliphatic hydroxyl groups is 1. The number of β-amino-alcohol motifs (C(OH)–C–C–N with tert-alkyl or cyclic N) is 1. The second-order valence-electron chi connectivity index (χ2n) is 6.29. The molecule has 5 nitrogen and oxygen atoms in total. The average molecular weight is 347 g/mol. The first-order chi connectivity index (χ1) is 10.3. The Hall–Kier alpha value is -0.470. The number of hydrogen-bond donors (Lipinski definition) is 2. The number of sulfonamides is 1. The van der Waals surface area contributed by atoms with Gasteiger partial charge in [0.2, 0.25) is 10.0 Å². The summed E-state index contributed by atoms with van der Waals surface area (Å²) in [5.74, 6) is 0.747. The summed E-state index contributed by atoms with van der Waals surface area (Å²) in [5.41, 5.74) is 0.980. The Labute approximate surface area is 137 Å². The minimum absolute atomic E-state index is 0.0599. The lowest BCUT2D eigenvalue weighted by Gasteiger charge is -2.31. The molecule has 126 valence electrons. The van der Waals surface area contributed by atoms with E-state index in [1.54, 1.807) is 6.07 Å². The molecule has 22 heavy (non-hydrogen) atoms. The first-order valence-electron chi connectivity index (χ1n) is 7.75. The second-order valence-corrected chi connectivity index (χ2v) is 9.54. The van der Waals surface area contributed by atoms with Gasteiger partial charge >= 0.3 is 0 Å². The van der Waals surface area contributed by atoms with Crippen molar-refractivity contribution in [2.24, 2.45) is 5.92 Å². The number of hydrogen-bond acceptors (Lipinski definition) is 5. The zero-order chi connectivity index (χ0) is 16.3. The van der Waals surface area contributed by atoms with Gasteiger partial charge in [0.15, 0.2) is 0 Å². The van der Waals surface area contributed by atoms with Crippen LogP contribution in [0.4, 0.5) is 0 Å². The summed E-state index contributed by atoms with van der Waals surface area (Å²) < 4.78 is 27.3. The quantitative estimate of drug-likeness (QED) is 0.823. The van der Waals surface area contributed by atoms with E-state index in [0.717, 1.165) is 42.3 Å². The molecule has 2 heterocycles. The Balaban J connectivity index is 1.83. The summed E-state index contributed by atoms with van der Waals surface area (Å²) in [6.07, 6.45) is 1.61. The van der Waals surface area contributed by atoms with E-state index in [0.29, 0.717) is 10.8 Å². The Morgan fingerprint density at radius 1 is 1.41 bits per heavy atom. The van der Waals surface area contributed by atoms with E-state index in [4.69, 9.17) is 0 Å². The number of rotatable bonds is 6. The van der Waals surface area contributed by atoms with E-state index in [2.05, 4.69) is 16.5 Å². The average Bonchev–Trinajstić information content (AvgIpc) is 2.80. The van der Waals surface area contributed by atoms with Gasteiger partial charge in [0.05, 0.1) is 6.10 Å². The zero-order valence-corrected chi connectivity index (χ0v) is 15.1. The molecule has 0 saturated carbocycles. The van der Waals surface area contributed by atoms with Crippen LogP contribution in [0, 0.1) is 19.8 Å². The third-order valence-corrected chi connectivity index (χ3v) is 7.31. The van der Waals surface area contributed by atoms with Crippen LogP contribution in [0.1, 0.15) is 30.2 Å². The minimum Gasteiger partial charge on any atom is -0.390 e. The maximum Gasteiger partial charge on any atom is 0.250 e. The molecule has 1 aromatic rings. The predicted molar refractivity (Wildman–Crippen MR) is 89.8 cm³/mol. The lowest BCUT2D eigenvalue weighted by atomic mass is 9.99. The summed E-state index contributed by atoms with van der Waals surface area (Å²) in [7, 11) is -3.52. The summed E-state index contributed by atoms with van der Waals surface area (Å²) in [4.78, 5) is 3.21. The zero-order valence-electron chi connectivity index (χ0n) is 13.5. The van der Waals surface area contributed by atoms with Crippen molar-refractivity contribution < 1.29 is 13.5 Å². The Morgan fingerprint density at radius 3 is 2.59 bits per heavy atom. The van der Waals surface area contributed by atoms with Crippen molar-refractivity contribution in [1.29, 1.82) is 0 Å². The fourth-order valence-electron chi connectivity index (χ4n) is 2.56. The third-order valence-electron chi connectivity index (χ3n) is 4.26. The van der Waals surface area contributed by atoms with Crippen LogP contribution < -0.4 is 4.72 Å². The minimum atomic E-state index is -3.52. The molecule has 7 heteroatoms. The smallest absolute Gasteiger partial charge is 0.250 e. The van der Waals surface area contributed by atoms with Gasteiger partial charge in [0.1, 0.15) is 4.21 Å². The van der Waals surface area contributed by atoms with E-state index in [9.17, 15) is 13.5 Å². The molecule has 1 fully saturated rings. The molecule has 1 aromatic heterocycles. The SMILES string of the molecule is Cc1cc(S(=O)(=O)NCC(O)CN2CCC(C)CC2)sc1C. The summed E-state index contributed by atoms with van der Waals surface area (Å²) in [6, 6.07) is 1.68. The molecule has 0 spiro atoms. The summed E-state index contributed by atoms with van der Waals surface area (Å²) in [5, 5.41) is 10.1. The maximum absolute atomic E-state index is 12.2. The van der Waals surface area contributed by atoms with Gasteiger partial charge in [0, 0.05) is 18.0 Å². The largest absolute Gasteiger partial charge is 0.390 e. The van der Waals surface area contributed by atoms with E-state index in [1.165, 1.54) is 11.3 Å². The highest BCUT2D eigenvalue weighted by Crippen LogP contribution is 2.24. The first-order valence-corrected chi connectivity index (χ1v) is 10.0. The number of thiophene rings is 1. The van der Waals surface area contributed by atoms with Crippen LogP contribution in [0.3, 0.4) is 0 Å². The highest BCUT2D eigenvalue weighted by molar-refractivity contribution is 7.91. The van der Waals surface area contributed by atoms with Crippen molar-refractivity contribution in [1.82, 2.24) is 9.62 Å². The number of nitrogens with zero attached hydrogens (tertiary/aromatic N) is 1. The molecule has 0 bridgehead atoms.